The molecule has 0 aliphatic rings. The summed E-state index contributed by atoms with van der Waals surface area (Å²) in [5, 5.41) is 1.53. The van der Waals surface area contributed by atoms with E-state index in [0.29, 0.717) is 11.0 Å². The number of rotatable bonds is 5. The molecule has 0 radical (unpaired) electrons. The standard InChI is InChI=1S/C13H15BrN2O3/c1-8(17)12(9(2)18)13(19)16(15)11-5-3-10(7-14)4-6-11/h3-6,12H,7,15H2,1-2H3. The van der Waals surface area contributed by atoms with Crippen LogP contribution in [0.2, 0.25) is 0 Å². The number of alkyl halides is 1. The Bertz CT molecular complexity index is 485. The van der Waals surface area contributed by atoms with Gasteiger partial charge in [-0.2, -0.15) is 0 Å². The summed E-state index contributed by atoms with van der Waals surface area (Å²) in [6.07, 6.45) is 0. The Morgan fingerprint density at radius 3 is 2.00 bits per heavy atom. The summed E-state index contributed by atoms with van der Waals surface area (Å²) in [5.41, 5.74) is 1.46. The summed E-state index contributed by atoms with van der Waals surface area (Å²) in [6.45, 7) is 2.40. The number of carbonyl (C=O) groups is 3. The zero-order chi connectivity index (χ0) is 14.6. The third-order valence-electron chi connectivity index (χ3n) is 2.67. The van der Waals surface area contributed by atoms with E-state index in [1.165, 1.54) is 13.8 Å². The molecule has 0 heterocycles. The zero-order valence-electron chi connectivity index (χ0n) is 10.7. The number of hydrazine groups is 1. The average Bonchev–Trinajstić information content (AvgIpc) is 2.37. The highest BCUT2D eigenvalue weighted by Crippen LogP contribution is 2.17. The van der Waals surface area contributed by atoms with Gasteiger partial charge in [0, 0.05) is 5.33 Å². The van der Waals surface area contributed by atoms with Crippen LogP contribution in [0, 0.1) is 5.92 Å². The fourth-order valence-electron chi connectivity index (χ4n) is 1.65. The lowest BCUT2D eigenvalue weighted by atomic mass is 9.99. The summed E-state index contributed by atoms with van der Waals surface area (Å²) in [5.74, 6) is 2.61. The molecule has 0 aliphatic heterocycles. The van der Waals surface area contributed by atoms with Crippen LogP contribution in [-0.2, 0) is 19.7 Å². The molecule has 0 fully saturated rings. The first kappa shape index (κ1) is 15.5. The molecule has 1 aromatic rings. The van der Waals surface area contributed by atoms with Crippen LogP contribution in [0.25, 0.3) is 0 Å². The van der Waals surface area contributed by atoms with Crippen molar-refractivity contribution in [1.82, 2.24) is 0 Å². The van der Waals surface area contributed by atoms with Crippen LogP contribution >= 0.6 is 15.9 Å². The first-order valence-corrected chi connectivity index (χ1v) is 6.75. The predicted molar refractivity (Wildman–Crippen MR) is 75.6 cm³/mol. The Labute approximate surface area is 119 Å². The van der Waals surface area contributed by atoms with Crippen LogP contribution in [0.5, 0.6) is 0 Å². The molecule has 6 heteroatoms. The molecular weight excluding hydrogens is 312 g/mol. The predicted octanol–water partition coefficient (Wildman–Crippen LogP) is 1.58. The van der Waals surface area contributed by atoms with Gasteiger partial charge in [0.15, 0.2) is 5.92 Å². The quantitative estimate of drug-likeness (QED) is 0.293. The highest BCUT2D eigenvalue weighted by molar-refractivity contribution is 9.08. The molecule has 0 saturated heterocycles. The molecule has 0 aromatic heterocycles. The van der Waals surface area contributed by atoms with Crippen LogP contribution in [0.1, 0.15) is 19.4 Å². The fourth-order valence-corrected chi connectivity index (χ4v) is 2.02. The topological polar surface area (TPSA) is 80.5 Å². The maximum absolute atomic E-state index is 12.0. The van der Waals surface area contributed by atoms with E-state index in [2.05, 4.69) is 15.9 Å². The minimum atomic E-state index is -1.33. The molecule has 1 amide bonds. The third kappa shape index (κ3) is 3.71. The molecule has 0 spiro atoms. The van der Waals surface area contributed by atoms with Crippen molar-refractivity contribution >= 4 is 39.1 Å². The number of nitrogens with zero attached hydrogens (tertiary/aromatic N) is 1. The van der Waals surface area contributed by atoms with E-state index >= 15 is 0 Å². The number of benzene rings is 1. The normalized spacial score (nSPS) is 10.4. The second-order valence-electron chi connectivity index (χ2n) is 4.16. The number of Topliss-reactive ketones (excluding diaryl/α,β-unsaturated/α-hetero) is 2. The first-order valence-electron chi connectivity index (χ1n) is 5.63. The van der Waals surface area contributed by atoms with Gasteiger partial charge in [0.2, 0.25) is 0 Å². The Hall–Kier alpha value is -1.53. The average molecular weight is 327 g/mol. The van der Waals surface area contributed by atoms with Crippen molar-refractivity contribution in [2.45, 2.75) is 19.2 Å². The van der Waals surface area contributed by atoms with Gasteiger partial charge in [0.05, 0.1) is 5.69 Å². The summed E-state index contributed by atoms with van der Waals surface area (Å²) in [6, 6.07) is 6.92. The molecule has 0 atom stereocenters. The maximum Gasteiger partial charge on any atom is 0.259 e. The van der Waals surface area contributed by atoms with Gasteiger partial charge in [-0.15, -0.1) is 0 Å². The minimum Gasteiger partial charge on any atom is -0.299 e. The van der Waals surface area contributed by atoms with Gasteiger partial charge in [-0.1, -0.05) is 28.1 Å². The summed E-state index contributed by atoms with van der Waals surface area (Å²) in [4.78, 5) is 34.7. The number of amides is 1. The first-order chi connectivity index (χ1) is 8.88. The van der Waals surface area contributed by atoms with E-state index in [4.69, 9.17) is 5.84 Å². The molecule has 0 bridgehead atoms. The molecule has 2 N–H and O–H groups in total. The van der Waals surface area contributed by atoms with Crippen molar-refractivity contribution in [1.29, 1.82) is 0 Å². The van der Waals surface area contributed by atoms with Crippen LogP contribution in [0.15, 0.2) is 24.3 Å². The van der Waals surface area contributed by atoms with Gasteiger partial charge in [-0.05, 0) is 31.5 Å². The number of hydrogen-bond acceptors (Lipinski definition) is 4. The van der Waals surface area contributed by atoms with Crippen molar-refractivity contribution in [3.63, 3.8) is 0 Å². The molecule has 1 rings (SSSR count). The van der Waals surface area contributed by atoms with Gasteiger partial charge in [-0.25, -0.2) is 10.9 Å². The lowest BCUT2D eigenvalue weighted by Crippen LogP contribution is -2.46. The smallest absolute Gasteiger partial charge is 0.259 e. The number of anilines is 1. The van der Waals surface area contributed by atoms with Crippen molar-refractivity contribution in [2.24, 2.45) is 11.8 Å². The molecule has 0 aliphatic carbocycles. The third-order valence-corrected chi connectivity index (χ3v) is 3.31. The van der Waals surface area contributed by atoms with E-state index in [1.54, 1.807) is 24.3 Å². The molecule has 102 valence electrons. The van der Waals surface area contributed by atoms with Crippen LogP contribution in [0.3, 0.4) is 0 Å². The summed E-state index contributed by atoms with van der Waals surface area (Å²) >= 11 is 3.31. The Morgan fingerprint density at radius 1 is 1.16 bits per heavy atom. The van der Waals surface area contributed by atoms with Gasteiger partial charge in [0.1, 0.15) is 11.6 Å². The summed E-state index contributed by atoms with van der Waals surface area (Å²) in [7, 11) is 0. The van der Waals surface area contributed by atoms with E-state index in [0.717, 1.165) is 10.6 Å². The monoisotopic (exact) mass is 326 g/mol. The van der Waals surface area contributed by atoms with Gasteiger partial charge >= 0.3 is 0 Å². The Morgan fingerprint density at radius 2 is 1.63 bits per heavy atom. The van der Waals surface area contributed by atoms with Crippen molar-refractivity contribution in [3.8, 4) is 0 Å². The molecule has 1 aromatic carbocycles. The number of halogens is 1. The van der Waals surface area contributed by atoms with Crippen LogP contribution in [-0.4, -0.2) is 17.5 Å². The van der Waals surface area contributed by atoms with Gasteiger partial charge in [-0.3, -0.25) is 14.4 Å². The van der Waals surface area contributed by atoms with E-state index in [9.17, 15) is 14.4 Å². The second kappa shape index (κ2) is 6.58. The molecule has 19 heavy (non-hydrogen) atoms. The largest absolute Gasteiger partial charge is 0.299 e. The Kier molecular flexibility index (Phi) is 5.38. The molecular formula is C13H15BrN2O3. The highest BCUT2D eigenvalue weighted by atomic mass is 79.9. The number of nitrogens with two attached hydrogens (primary N) is 1. The second-order valence-corrected chi connectivity index (χ2v) is 4.72. The minimum absolute atomic E-state index is 0.433. The SMILES string of the molecule is CC(=O)C(C(C)=O)C(=O)N(N)c1ccc(CBr)cc1. The highest BCUT2D eigenvalue weighted by Gasteiger charge is 2.31. The van der Waals surface area contributed by atoms with E-state index in [1.807, 2.05) is 0 Å². The lowest BCUT2D eigenvalue weighted by molar-refractivity contribution is -0.138. The van der Waals surface area contributed by atoms with Crippen molar-refractivity contribution < 1.29 is 14.4 Å². The van der Waals surface area contributed by atoms with Gasteiger partial charge in [0.25, 0.3) is 5.91 Å². The van der Waals surface area contributed by atoms with E-state index < -0.39 is 23.4 Å². The molecule has 0 unspecified atom stereocenters. The zero-order valence-corrected chi connectivity index (χ0v) is 12.3. The molecule has 0 saturated carbocycles. The summed E-state index contributed by atoms with van der Waals surface area (Å²) < 4.78 is 0. The Balaban J connectivity index is 2.97. The number of carbonyl (C=O) groups excluding carboxylic acids is 3. The van der Waals surface area contributed by atoms with Crippen LogP contribution < -0.4 is 10.9 Å². The number of hydrogen-bond donors (Lipinski definition) is 1. The van der Waals surface area contributed by atoms with Gasteiger partial charge < -0.3 is 0 Å². The maximum atomic E-state index is 12.0. The lowest BCUT2D eigenvalue weighted by Gasteiger charge is -2.20. The fraction of sp³-hybridized carbons (Fsp3) is 0.308. The van der Waals surface area contributed by atoms with E-state index in [-0.39, 0.29) is 0 Å². The van der Waals surface area contributed by atoms with Crippen molar-refractivity contribution in [3.05, 3.63) is 29.8 Å². The van der Waals surface area contributed by atoms with Crippen LogP contribution in [0.4, 0.5) is 5.69 Å². The van der Waals surface area contributed by atoms with Crippen molar-refractivity contribution in [2.75, 3.05) is 5.01 Å². The number of ketones is 2. The molecule has 5 nitrogen and oxygen atoms in total.